The van der Waals surface area contributed by atoms with Gasteiger partial charge in [0.2, 0.25) is 0 Å². The number of halogens is 1. The average molecular weight is 268 g/mol. The Morgan fingerprint density at radius 1 is 1.37 bits per heavy atom. The number of nitrogens with zero attached hydrogens (tertiary/aromatic N) is 1. The standard InChI is InChI=1S/C14H21FN2O2/c1-3-8-17(9-10-18)14(19)11-6-5-7-12(15)13(11)16-4-2/h5-7,16,18H,3-4,8-10H2,1-2H3. The minimum Gasteiger partial charge on any atom is -0.395 e. The van der Waals surface area contributed by atoms with Crippen LogP contribution in [0.5, 0.6) is 0 Å². The van der Waals surface area contributed by atoms with Gasteiger partial charge in [0.1, 0.15) is 5.82 Å². The Balaban J connectivity index is 3.05. The fourth-order valence-corrected chi connectivity index (χ4v) is 1.93. The number of hydrogen-bond acceptors (Lipinski definition) is 3. The van der Waals surface area contributed by atoms with E-state index in [1.807, 2.05) is 13.8 Å². The molecule has 0 aromatic heterocycles. The molecule has 0 unspecified atom stereocenters. The molecular weight excluding hydrogens is 247 g/mol. The first-order valence-corrected chi connectivity index (χ1v) is 6.58. The van der Waals surface area contributed by atoms with Gasteiger partial charge < -0.3 is 15.3 Å². The van der Waals surface area contributed by atoms with Gasteiger partial charge in [-0.3, -0.25) is 4.79 Å². The number of benzene rings is 1. The van der Waals surface area contributed by atoms with Crippen LogP contribution in [0.15, 0.2) is 18.2 Å². The molecule has 0 spiro atoms. The van der Waals surface area contributed by atoms with E-state index in [-0.39, 0.29) is 24.7 Å². The van der Waals surface area contributed by atoms with Crippen molar-refractivity contribution in [1.29, 1.82) is 0 Å². The zero-order chi connectivity index (χ0) is 14.3. The molecule has 0 saturated carbocycles. The molecule has 19 heavy (non-hydrogen) atoms. The van der Waals surface area contributed by atoms with Crippen molar-refractivity contribution in [2.45, 2.75) is 20.3 Å². The molecule has 0 atom stereocenters. The Morgan fingerprint density at radius 3 is 2.68 bits per heavy atom. The topological polar surface area (TPSA) is 52.6 Å². The van der Waals surface area contributed by atoms with E-state index in [1.165, 1.54) is 17.0 Å². The summed E-state index contributed by atoms with van der Waals surface area (Å²) in [6.45, 7) is 5.04. The predicted octanol–water partition coefficient (Wildman–Crippen LogP) is 2.10. The van der Waals surface area contributed by atoms with Gasteiger partial charge in [-0.15, -0.1) is 0 Å². The summed E-state index contributed by atoms with van der Waals surface area (Å²) in [5.74, 6) is -0.695. The van der Waals surface area contributed by atoms with Crippen molar-refractivity contribution < 1.29 is 14.3 Å². The number of hydrogen-bond donors (Lipinski definition) is 2. The number of carbonyl (C=O) groups excluding carboxylic acids is 1. The molecule has 1 rings (SSSR count). The van der Waals surface area contributed by atoms with Gasteiger partial charge in [-0.2, -0.15) is 0 Å². The van der Waals surface area contributed by atoms with E-state index in [4.69, 9.17) is 5.11 Å². The molecule has 2 N–H and O–H groups in total. The van der Waals surface area contributed by atoms with Gasteiger partial charge in [0.25, 0.3) is 5.91 Å². The third kappa shape index (κ3) is 3.92. The fraction of sp³-hybridized carbons (Fsp3) is 0.500. The molecule has 0 saturated heterocycles. The summed E-state index contributed by atoms with van der Waals surface area (Å²) >= 11 is 0. The van der Waals surface area contributed by atoms with Gasteiger partial charge in [0.05, 0.1) is 17.9 Å². The first-order valence-electron chi connectivity index (χ1n) is 6.58. The second-order valence-electron chi connectivity index (χ2n) is 4.21. The van der Waals surface area contributed by atoms with Crippen molar-refractivity contribution in [2.75, 3.05) is 31.6 Å². The van der Waals surface area contributed by atoms with Gasteiger partial charge >= 0.3 is 0 Å². The lowest BCUT2D eigenvalue weighted by atomic mass is 10.1. The van der Waals surface area contributed by atoms with Crippen molar-refractivity contribution in [3.8, 4) is 0 Å². The number of amides is 1. The van der Waals surface area contributed by atoms with Crippen LogP contribution in [0.4, 0.5) is 10.1 Å². The van der Waals surface area contributed by atoms with Crippen molar-refractivity contribution in [2.24, 2.45) is 0 Å². The van der Waals surface area contributed by atoms with Gasteiger partial charge in [-0.25, -0.2) is 4.39 Å². The van der Waals surface area contributed by atoms with E-state index in [9.17, 15) is 9.18 Å². The third-order valence-electron chi connectivity index (χ3n) is 2.75. The van der Waals surface area contributed by atoms with Crippen molar-refractivity contribution >= 4 is 11.6 Å². The lowest BCUT2D eigenvalue weighted by Crippen LogP contribution is -2.34. The number of aliphatic hydroxyl groups excluding tert-OH is 1. The van der Waals surface area contributed by atoms with Crippen molar-refractivity contribution in [3.63, 3.8) is 0 Å². The summed E-state index contributed by atoms with van der Waals surface area (Å²) in [5, 5.41) is 11.9. The van der Waals surface area contributed by atoms with Crippen LogP contribution in [0.2, 0.25) is 0 Å². The summed E-state index contributed by atoms with van der Waals surface area (Å²) in [5.41, 5.74) is 0.540. The van der Waals surface area contributed by atoms with E-state index in [1.54, 1.807) is 6.07 Å². The molecule has 1 amide bonds. The quantitative estimate of drug-likeness (QED) is 0.796. The number of carbonyl (C=O) groups is 1. The van der Waals surface area contributed by atoms with Crippen LogP contribution in [-0.4, -0.2) is 42.2 Å². The van der Waals surface area contributed by atoms with E-state index in [0.717, 1.165) is 6.42 Å². The molecule has 0 aliphatic carbocycles. The second kappa shape index (κ2) is 7.74. The van der Waals surface area contributed by atoms with Crippen LogP contribution in [0.1, 0.15) is 30.6 Å². The Hall–Kier alpha value is -1.62. The van der Waals surface area contributed by atoms with Crippen molar-refractivity contribution in [1.82, 2.24) is 4.90 Å². The predicted molar refractivity (Wildman–Crippen MR) is 73.8 cm³/mol. The molecular formula is C14H21FN2O2. The number of aliphatic hydroxyl groups is 1. The molecule has 0 fully saturated rings. The summed E-state index contributed by atoms with van der Waals surface area (Å²) < 4.78 is 13.7. The average Bonchev–Trinajstić information content (AvgIpc) is 2.40. The first-order chi connectivity index (χ1) is 9.15. The highest BCUT2D eigenvalue weighted by molar-refractivity contribution is 5.99. The maximum atomic E-state index is 13.7. The van der Waals surface area contributed by atoms with Crippen LogP contribution in [0.3, 0.4) is 0 Å². The van der Waals surface area contributed by atoms with E-state index in [0.29, 0.717) is 18.7 Å². The SMILES string of the molecule is CCCN(CCO)C(=O)c1cccc(F)c1NCC. The van der Waals surface area contributed by atoms with E-state index >= 15 is 0 Å². The minimum atomic E-state index is -0.437. The van der Waals surface area contributed by atoms with Crippen LogP contribution in [-0.2, 0) is 0 Å². The summed E-state index contributed by atoms with van der Waals surface area (Å²) in [7, 11) is 0. The van der Waals surface area contributed by atoms with Gasteiger partial charge in [0.15, 0.2) is 0 Å². The number of nitrogens with one attached hydrogen (secondary N) is 1. The monoisotopic (exact) mass is 268 g/mol. The Labute approximate surface area is 113 Å². The lowest BCUT2D eigenvalue weighted by Gasteiger charge is -2.22. The number of rotatable bonds is 7. The van der Waals surface area contributed by atoms with Crippen LogP contribution in [0, 0.1) is 5.82 Å². The van der Waals surface area contributed by atoms with E-state index < -0.39 is 5.82 Å². The zero-order valence-electron chi connectivity index (χ0n) is 11.4. The van der Waals surface area contributed by atoms with Crippen LogP contribution < -0.4 is 5.32 Å². The summed E-state index contributed by atoms with van der Waals surface area (Å²) in [6.07, 6.45) is 0.789. The highest BCUT2D eigenvalue weighted by atomic mass is 19.1. The van der Waals surface area contributed by atoms with E-state index in [2.05, 4.69) is 5.32 Å². The third-order valence-corrected chi connectivity index (χ3v) is 2.75. The number of anilines is 1. The van der Waals surface area contributed by atoms with Gasteiger partial charge in [-0.1, -0.05) is 13.0 Å². The normalized spacial score (nSPS) is 10.3. The largest absolute Gasteiger partial charge is 0.395 e. The molecule has 0 aliphatic heterocycles. The van der Waals surface area contributed by atoms with Gasteiger partial charge in [-0.05, 0) is 25.5 Å². The van der Waals surface area contributed by atoms with Crippen molar-refractivity contribution in [3.05, 3.63) is 29.6 Å². The highest BCUT2D eigenvalue weighted by Crippen LogP contribution is 2.21. The van der Waals surface area contributed by atoms with Gasteiger partial charge in [0, 0.05) is 19.6 Å². The molecule has 106 valence electrons. The molecule has 0 heterocycles. The maximum Gasteiger partial charge on any atom is 0.256 e. The summed E-state index contributed by atoms with van der Waals surface area (Å²) in [4.78, 5) is 13.9. The second-order valence-corrected chi connectivity index (χ2v) is 4.21. The fourth-order valence-electron chi connectivity index (χ4n) is 1.93. The first kappa shape index (κ1) is 15.4. The Bertz CT molecular complexity index is 418. The molecule has 1 aromatic carbocycles. The number of para-hydroxylation sites is 1. The molecule has 0 aliphatic rings. The maximum absolute atomic E-state index is 13.7. The smallest absolute Gasteiger partial charge is 0.256 e. The van der Waals surface area contributed by atoms with Crippen LogP contribution >= 0.6 is 0 Å². The Kier molecular flexibility index (Phi) is 6.29. The Morgan fingerprint density at radius 2 is 2.11 bits per heavy atom. The highest BCUT2D eigenvalue weighted by Gasteiger charge is 2.19. The molecule has 1 aromatic rings. The lowest BCUT2D eigenvalue weighted by molar-refractivity contribution is 0.0722. The molecule has 5 heteroatoms. The van der Waals surface area contributed by atoms with Crippen LogP contribution in [0.25, 0.3) is 0 Å². The molecule has 4 nitrogen and oxygen atoms in total. The minimum absolute atomic E-state index is 0.0996. The zero-order valence-corrected chi connectivity index (χ0v) is 11.4. The summed E-state index contributed by atoms with van der Waals surface area (Å²) in [6, 6.07) is 4.45. The molecule has 0 radical (unpaired) electrons. The molecule has 0 bridgehead atoms.